The molecule has 3 heteroatoms. The fourth-order valence-electron chi connectivity index (χ4n) is 1.51. The van der Waals surface area contributed by atoms with Crippen molar-refractivity contribution < 1.29 is 9.50 Å². The second-order valence-corrected chi connectivity index (χ2v) is 4.59. The fraction of sp³-hybridized carbons (Fsp3) is 0.500. The molecule has 15 heavy (non-hydrogen) atoms. The topological polar surface area (TPSA) is 20.2 Å². The summed E-state index contributed by atoms with van der Waals surface area (Å²) in [5, 5.41) is 9.79. The lowest BCUT2D eigenvalue weighted by Crippen LogP contribution is -2.00. The van der Waals surface area contributed by atoms with Gasteiger partial charge in [0.05, 0.1) is 6.10 Å². The summed E-state index contributed by atoms with van der Waals surface area (Å²) in [6.45, 7) is 2.10. The standard InChI is InChI=1S/C12H16BrFO/c1-2-3-4-5-12(15)10-8-9(13)6-7-11(10)14/h6-8,12,15H,2-5H2,1H3. The molecule has 1 aromatic rings. The molecule has 0 aliphatic carbocycles. The van der Waals surface area contributed by atoms with Crippen LogP contribution in [0.4, 0.5) is 4.39 Å². The highest BCUT2D eigenvalue weighted by atomic mass is 79.9. The molecule has 0 aliphatic rings. The van der Waals surface area contributed by atoms with Crippen LogP contribution in [0.2, 0.25) is 0 Å². The third kappa shape index (κ3) is 3.92. The van der Waals surface area contributed by atoms with Gasteiger partial charge in [0.15, 0.2) is 0 Å². The summed E-state index contributed by atoms with van der Waals surface area (Å²) in [5.74, 6) is -0.331. The Bertz CT molecular complexity index is 314. The maximum absolute atomic E-state index is 13.3. The Morgan fingerprint density at radius 3 is 2.80 bits per heavy atom. The van der Waals surface area contributed by atoms with Crippen molar-refractivity contribution >= 4 is 15.9 Å². The van der Waals surface area contributed by atoms with Crippen LogP contribution < -0.4 is 0 Å². The molecule has 0 spiro atoms. The Kier molecular flexibility index (Phi) is 5.26. The molecule has 1 aromatic carbocycles. The van der Waals surface area contributed by atoms with Gasteiger partial charge in [-0.15, -0.1) is 0 Å². The average Bonchev–Trinajstić information content (AvgIpc) is 2.22. The summed E-state index contributed by atoms with van der Waals surface area (Å²) in [5.41, 5.74) is 0.389. The van der Waals surface area contributed by atoms with Gasteiger partial charge < -0.3 is 5.11 Å². The third-order valence-electron chi connectivity index (χ3n) is 2.40. The highest BCUT2D eigenvalue weighted by Gasteiger charge is 2.12. The number of benzene rings is 1. The van der Waals surface area contributed by atoms with Gasteiger partial charge in [0, 0.05) is 10.0 Å². The van der Waals surface area contributed by atoms with Crippen molar-refractivity contribution in [1.82, 2.24) is 0 Å². The molecule has 0 aromatic heterocycles. The number of halogens is 2. The van der Waals surface area contributed by atoms with Gasteiger partial charge >= 0.3 is 0 Å². The summed E-state index contributed by atoms with van der Waals surface area (Å²) in [7, 11) is 0. The van der Waals surface area contributed by atoms with Crippen molar-refractivity contribution in [2.45, 2.75) is 38.7 Å². The van der Waals surface area contributed by atoms with Gasteiger partial charge in [-0.3, -0.25) is 0 Å². The Labute approximate surface area is 98.4 Å². The molecule has 0 saturated carbocycles. The van der Waals surface area contributed by atoms with E-state index in [-0.39, 0.29) is 5.82 Å². The SMILES string of the molecule is CCCCCC(O)c1cc(Br)ccc1F. The van der Waals surface area contributed by atoms with E-state index in [2.05, 4.69) is 22.9 Å². The van der Waals surface area contributed by atoms with Gasteiger partial charge in [0.25, 0.3) is 0 Å². The number of hydrogen-bond donors (Lipinski definition) is 1. The Hall–Kier alpha value is -0.410. The molecule has 1 atom stereocenters. The van der Waals surface area contributed by atoms with Crippen LogP contribution in [0.3, 0.4) is 0 Å². The first-order valence-electron chi connectivity index (χ1n) is 5.28. The van der Waals surface area contributed by atoms with E-state index >= 15 is 0 Å². The van der Waals surface area contributed by atoms with E-state index in [9.17, 15) is 9.50 Å². The molecule has 0 radical (unpaired) electrons. The number of aliphatic hydroxyl groups excluding tert-OH is 1. The van der Waals surface area contributed by atoms with E-state index in [1.54, 1.807) is 12.1 Å². The Morgan fingerprint density at radius 1 is 1.40 bits per heavy atom. The maximum atomic E-state index is 13.3. The molecular weight excluding hydrogens is 259 g/mol. The van der Waals surface area contributed by atoms with Gasteiger partial charge in [-0.25, -0.2) is 4.39 Å². The molecule has 0 heterocycles. The molecule has 1 rings (SSSR count). The molecule has 0 saturated heterocycles. The maximum Gasteiger partial charge on any atom is 0.129 e. The third-order valence-corrected chi connectivity index (χ3v) is 2.89. The van der Waals surface area contributed by atoms with E-state index in [4.69, 9.17) is 0 Å². The minimum absolute atomic E-state index is 0.331. The summed E-state index contributed by atoms with van der Waals surface area (Å²) < 4.78 is 14.1. The average molecular weight is 275 g/mol. The molecule has 0 bridgehead atoms. The highest BCUT2D eigenvalue weighted by Crippen LogP contribution is 2.25. The quantitative estimate of drug-likeness (QED) is 0.798. The lowest BCUT2D eigenvalue weighted by atomic mass is 10.0. The van der Waals surface area contributed by atoms with Crippen molar-refractivity contribution in [2.24, 2.45) is 0 Å². The first kappa shape index (κ1) is 12.7. The second-order valence-electron chi connectivity index (χ2n) is 3.68. The normalized spacial score (nSPS) is 12.8. The Balaban J connectivity index is 2.64. The molecule has 0 amide bonds. The van der Waals surface area contributed by atoms with Crippen LogP contribution in [0, 0.1) is 5.82 Å². The molecular formula is C12H16BrFO. The predicted octanol–water partition coefficient (Wildman–Crippen LogP) is 4.20. The van der Waals surface area contributed by atoms with Gasteiger partial charge in [-0.1, -0.05) is 42.1 Å². The second kappa shape index (κ2) is 6.23. The van der Waals surface area contributed by atoms with Gasteiger partial charge in [-0.05, 0) is 24.6 Å². The van der Waals surface area contributed by atoms with E-state index in [0.717, 1.165) is 23.7 Å². The van der Waals surface area contributed by atoms with Crippen LogP contribution in [0.1, 0.15) is 44.3 Å². The molecule has 0 fully saturated rings. The number of aliphatic hydroxyl groups is 1. The van der Waals surface area contributed by atoms with Crippen LogP contribution in [0.25, 0.3) is 0 Å². The molecule has 1 nitrogen and oxygen atoms in total. The van der Waals surface area contributed by atoms with Crippen molar-refractivity contribution in [3.05, 3.63) is 34.1 Å². The number of hydrogen-bond acceptors (Lipinski definition) is 1. The van der Waals surface area contributed by atoms with Crippen LogP contribution in [0.15, 0.2) is 22.7 Å². The predicted molar refractivity (Wildman–Crippen MR) is 63.2 cm³/mol. The Morgan fingerprint density at radius 2 is 2.13 bits per heavy atom. The monoisotopic (exact) mass is 274 g/mol. The minimum atomic E-state index is -0.686. The van der Waals surface area contributed by atoms with Crippen molar-refractivity contribution in [1.29, 1.82) is 0 Å². The molecule has 1 N–H and O–H groups in total. The zero-order chi connectivity index (χ0) is 11.3. The van der Waals surface area contributed by atoms with Gasteiger partial charge in [-0.2, -0.15) is 0 Å². The van der Waals surface area contributed by atoms with Crippen molar-refractivity contribution in [2.75, 3.05) is 0 Å². The zero-order valence-corrected chi connectivity index (χ0v) is 10.4. The van der Waals surface area contributed by atoms with Gasteiger partial charge in [0.1, 0.15) is 5.82 Å². The zero-order valence-electron chi connectivity index (χ0n) is 8.84. The van der Waals surface area contributed by atoms with E-state index in [0.29, 0.717) is 12.0 Å². The fourth-order valence-corrected chi connectivity index (χ4v) is 1.89. The smallest absolute Gasteiger partial charge is 0.129 e. The first-order chi connectivity index (χ1) is 7.15. The summed E-state index contributed by atoms with van der Waals surface area (Å²) in [6.07, 6.45) is 3.06. The van der Waals surface area contributed by atoms with E-state index in [1.807, 2.05) is 0 Å². The van der Waals surface area contributed by atoms with E-state index < -0.39 is 6.10 Å². The van der Waals surface area contributed by atoms with Crippen LogP contribution in [-0.4, -0.2) is 5.11 Å². The van der Waals surface area contributed by atoms with Crippen molar-refractivity contribution in [3.8, 4) is 0 Å². The number of rotatable bonds is 5. The van der Waals surface area contributed by atoms with E-state index in [1.165, 1.54) is 6.07 Å². The van der Waals surface area contributed by atoms with Crippen LogP contribution >= 0.6 is 15.9 Å². The number of unbranched alkanes of at least 4 members (excludes halogenated alkanes) is 2. The summed E-state index contributed by atoms with van der Waals surface area (Å²) in [4.78, 5) is 0. The van der Waals surface area contributed by atoms with Crippen LogP contribution in [0.5, 0.6) is 0 Å². The highest BCUT2D eigenvalue weighted by molar-refractivity contribution is 9.10. The van der Waals surface area contributed by atoms with Gasteiger partial charge in [0.2, 0.25) is 0 Å². The molecule has 84 valence electrons. The summed E-state index contributed by atoms with van der Waals surface area (Å²) >= 11 is 3.27. The largest absolute Gasteiger partial charge is 0.388 e. The lowest BCUT2D eigenvalue weighted by Gasteiger charge is -2.11. The van der Waals surface area contributed by atoms with Crippen molar-refractivity contribution in [3.63, 3.8) is 0 Å². The minimum Gasteiger partial charge on any atom is -0.388 e. The van der Waals surface area contributed by atoms with Crippen LogP contribution in [-0.2, 0) is 0 Å². The summed E-state index contributed by atoms with van der Waals surface area (Å²) in [6, 6.07) is 4.66. The molecule has 0 aliphatic heterocycles. The first-order valence-corrected chi connectivity index (χ1v) is 6.07. The lowest BCUT2D eigenvalue weighted by molar-refractivity contribution is 0.159. The molecule has 1 unspecified atom stereocenters.